The second kappa shape index (κ2) is 7.46. The minimum absolute atomic E-state index is 0.532. The Kier molecular flexibility index (Phi) is 4.32. The summed E-state index contributed by atoms with van der Waals surface area (Å²) >= 11 is 0. The van der Waals surface area contributed by atoms with Crippen LogP contribution < -0.4 is 0 Å². The first-order valence-electron chi connectivity index (χ1n) is 10.7. The van der Waals surface area contributed by atoms with Gasteiger partial charge >= 0.3 is 0 Å². The van der Waals surface area contributed by atoms with Crippen molar-refractivity contribution in [2.24, 2.45) is 4.99 Å². The quantitative estimate of drug-likeness (QED) is 0.318. The van der Waals surface area contributed by atoms with Crippen molar-refractivity contribution in [3.63, 3.8) is 0 Å². The molecular weight excluding hydrogens is 394 g/mol. The van der Waals surface area contributed by atoms with Gasteiger partial charge in [-0.25, -0.2) is 9.97 Å². The summed E-state index contributed by atoms with van der Waals surface area (Å²) in [5, 5.41) is 4.79. The van der Waals surface area contributed by atoms with Gasteiger partial charge in [0.2, 0.25) is 5.95 Å². The van der Waals surface area contributed by atoms with Crippen molar-refractivity contribution in [3.8, 4) is 5.95 Å². The van der Waals surface area contributed by atoms with Gasteiger partial charge in [-0.3, -0.25) is 9.56 Å². The van der Waals surface area contributed by atoms with Crippen molar-refractivity contribution in [1.29, 1.82) is 0 Å². The van der Waals surface area contributed by atoms with E-state index >= 15 is 0 Å². The van der Waals surface area contributed by atoms with E-state index in [0.29, 0.717) is 12.6 Å². The average molecular weight is 416 g/mol. The third kappa shape index (κ3) is 2.68. The monoisotopic (exact) mass is 415 g/mol. The first-order chi connectivity index (χ1) is 15.9. The smallest absolute Gasteiger partial charge is 0.234 e. The normalized spacial score (nSPS) is 12.4. The average Bonchev–Trinajstić information content (AvgIpc) is 3.35. The molecule has 0 aliphatic rings. The van der Waals surface area contributed by atoms with E-state index in [1.54, 1.807) is 12.4 Å². The lowest BCUT2D eigenvalue weighted by Gasteiger charge is -2.09. The fourth-order valence-electron chi connectivity index (χ4n) is 4.63. The molecule has 0 atom stereocenters. The molecule has 3 heterocycles. The fourth-order valence-corrected chi connectivity index (χ4v) is 4.63. The van der Waals surface area contributed by atoms with Crippen LogP contribution in [0.4, 0.5) is 0 Å². The van der Waals surface area contributed by atoms with Crippen LogP contribution in [0.3, 0.4) is 0 Å². The van der Waals surface area contributed by atoms with E-state index in [4.69, 9.17) is 0 Å². The maximum atomic E-state index is 4.68. The molecule has 0 saturated carbocycles. The number of fused-ring (bicyclic) bond motifs is 7. The summed E-state index contributed by atoms with van der Waals surface area (Å²) in [5.41, 5.74) is 4.51. The molecule has 154 valence electrons. The van der Waals surface area contributed by atoms with E-state index in [-0.39, 0.29) is 0 Å². The third-order valence-electron chi connectivity index (χ3n) is 5.92. The summed E-state index contributed by atoms with van der Waals surface area (Å²) in [6.07, 6.45) is 9.38. The molecule has 0 unspecified atom stereocenters. The van der Waals surface area contributed by atoms with Gasteiger partial charge in [-0.15, -0.1) is 0 Å². The van der Waals surface area contributed by atoms with Crippen molar-refractivity contribution in [2.75, 3.05) is 0 Å². The van der Waals surface area contributed by atoms with Crippen LogP contribution in [0.1, 0.15) is 6.92 Å². The van der Waals surface area contributed by atoms with Crippen molar-refractivity contribution in [2.45, 2.75) is 13.6 Å². The number of hydrogen-bond acceptors (Lipinski definition) is 3. The van der Waals surface area contributed by atoms with E-state index < -0.39 is 0 Å². The van der Waals surface area contributed by atoms with Crippen LogP contribution in [0.15, 0.2) is 96.3 Å². The number of benzene rings is 3. The highest BCUT2D eigenvalue weighted by Gasteiger charge is 2.20. The first kappa shape index (κ1) is 18.5. The predicted molar refractivity (Wildman–Crippen MR) is 133 cm³/mol. The highest BCUT2D eigenvalue weighted by Crippen LogP contribution is 2.39. The van der Waals surface area contributed by atoms with E-state index in [2.05, 4.69) is 84.8 Å². The zero-order chi connectivity index (χ0) is 21.5. The molecular formula is C27H21N5. The predicted octanol–water partition coefficient (Wildman–Crippen LogP) is 6.29. The molecule has 0 saturated heterocycles. The maximum absolute atomic E-state index is 4.68. The third-order valence-corrected chi connectivity index (χ3v) is 5.92. The van der Waals surface area contributed by atoms with Gasteiger partial charge in [0, 0.05) is 40.2 Å². The van der Waals surface area contributed by atoms with Gasteiger partial charge in [0.25, 0.3) is 0 Å². The van der Waals surface area contributed by atoms with E-state index in [0.717, 1.165) is 16.6 Å². The topological polar surface area (TPSA) is 48.0 Å². The summed E-state index contributed by atoms with van der Waals surface area (Å²) in [7, 11) is 0. The minimum atomic E-state index is 0.532. The van der Waals surface area contributed by atoms with Crippen LogP contribution in [-0.4, -0.2) is 25.3 Å². The number of aromatic nitrogens is 4. The Hall–Kier alpha value is -4.25. The second-order valence-corrected chi connectivity index (χ2v) is 7.70. The highest BCUT2D eigenvalue weighted by molar-refractivity contribution is 6.23. The first-order valence-corrected chi connectivity index (χ1v) is 10.7. The molecule has 0 aliphatic carbocycles. The van der Waals surface area contributed by atoms with Crippen LogP contribution in [0.25, 0.3) is 49.6 Å². The van der Waals surface area contributed by atoms with Gasteiger partial charge in [0.05, 0.1) is 22.1 Å². The van der Waals surface area contributed by atoms with Gasteiger partial charge < -0.3 is 4.57 Å². The van der Waals surface area contributed by atoms with Crippen LogP contribution in [0.5, 0.6) is 0 Å². The maximum Gasteiger partial charge on any atom is 0.234 e. The summed E-state index contributed by atoms with van der Waals surface area (Å²) in [6, 6.07) is 23.3. The SMILES string of the molecule is C/C=C\C=NCn1c2ccccc2c2ccc3c4ccccc4n(-c4ncccn4)c3c21. The van der Waals surface area contributed by atoms with E-state index in [1.807, 2.05) is 31.4 Å². The molecule has 0 bridgehead atoms. The number of aliphatic imine (C=N–C) groups is 1. The van der Waals surface area contributed by atoms with Crippen molar-refractivity contribution < 1.29 is 0 Å². The molecule has 5 heteroatoms. The molecule has 3 aromatic carbocycles. The zero-order valence-electron chi connectivity index (χ0n) is 17.7. The molecule has 32 heavy (non-hydrogen) atoms. The minimum Gasteiger partial charge on any atom is -0.318 e. The Balaban J connectivity index is 1.82. The Morgan fingerprint density at radius 1 is 0.750 bits per heavy atom. The lowest BCUT2D eigenvalue weighted by Crippen LogP contribution is -2.02. The lowest BCUT2D eigenvalue weighted by molar-refractivity contribution is 0.797. The molecule has 6 aromatic rings. The van der Waals surface area contributed by atoms with Crippen LogP contribution >= 0.6 is 0 Å². The molecule has 6 rings (SSSR count). The molecule has 0 amide bonds. The van der Waals surface area contributed by atoms with Crippen LogP contribution in [0.2, 0.25) is 0 Å². The standard InChI is InChI=1S/C27H21N5/c1-2-3-15-28-18-31-23-11-6-4-9-19(23)21-13-14-22-20-10-5-7-12-24(20)32(26(22)25(21)31)27-29-16-8-17-30-27/h2-17H,18H2,1H3/b3-2-,28-15?. The van der Waals surface area contributed by atoms with E-state index in [9.17, 15) is 0 Å². The molecule has 5 nitrogen and oxygen atoms in total. The number of nitrogens with zero attached hydrogens (tertiary/aromatic N) is 5. The van der Waals surface area contributed by atoms with E-state index in [1.165, 1.54) is 27.1 Å². The number of allylic oxidation sites excluding steroid dienone is 2. The van der Waals surface area contributed by atoms with Gasteiger partial charge in [-0.2, -0.15) is 0 Å². The molecule has 0 spiro atoms. The van der Waals surface area contributed by atoms with Gasteiger partial charge in [0.15, 0.2) is 0 Å². The van der Waals surface area contributed by atoms with Gasteiger partial charge in [-0.1, -0.05) is 54.6 Å². The molecule has 0 fully saturated rings. The molecule has 0 radical (unpaired) electrons. The van der Waals surface area contributed by atoms with Gasteiger partial charge in [0.1, 0.15) is 6.67 Å². The number of para-hydroxylation sites is 2. The summed E-state index contributed by atoms with van der Waals surface area (Å²) in [5.74, 6) is 0.667. The second-order valence-electron chi connectivity index (χ2n) is 7.70. The lowest BCUT2D eigenvalue weighted by atomic mass is 10.1. The fraction of sp³-hybridized carbons (Fsp3) is 0.0741. The summed E-state index contributed by atoms with van der Waals surface area (Å²) in [6.45, 7) is 2.53. The van der Waals surface area contributed by atoms with Crippen molar-refractivity contribution in [3.05, 3.63) is 91.3 Å². The Labute approximate surface area is 185 Å². The number of hydrogen-bond donors (Lipinski definition) is 0. The van der Waals surface area contributed by atoms with Crippen LogP contribution in [-0.2, 0) is 6.67 Å². The van der Waals surface area contributed by atoms with Crippen molar-refractivity contribution >= 4 is 49.8 Å². The zero-order valence-corrected chi connectivity index (χ0v) is 17.7. The van der Waals surface area contributed by atoms with Crippen molar-refractivity contribution in [1.82, 2.24) is 19.1 Å². The molecule has 0 N–H and O–H groups in total. The molecule has 3 aromatic heterocycles. The summed E-state index contributed by atoms with van der Waals surface area (Å²) < 4.78 is 4.48. The Bertz CT molecular complexity index is 1650. The highest BCUT2D eigenvalue weighted by atomic mass is 15.2. The Morgan fingerprint density at radius 3 is 2.16 bits per heavy atom. The largest absolute Gasteiger partial charge is 0.318 e. The summed E-state index contributed by atoms with van der Waals surface area (Å²) in [4.78, 5) is 13.9. The molecule has 0 aliphatic heterocycles. The Morgan fingerprint density at radius 2 is 1.41 bits per heavy atom. The van der Waals surface area contributed by atoms with Gasteiger partial charge in [-0.05, 0) is 31.2 Å². The number of rotatable bonds is 4. The van der Waals surface area contributed by atoms with Crippen LogP contribution in [0, 0.1) is 0 Å².